The first-order chi connectivity index (χ1) is 8.72. The molecule has 102 valence electrons. The number of pyridine rings is 1. The Morgan fingerprint density at radius 1 is 1.47 bits per heavy atom. The lowest BCUT2D eigenvalue weighted by Crippen LogP contribution is -2.17. The Bertz CT molecular complexity index is 548. The van der Waals surface area contributed by atoms with Crippen LogP contribution in [-0.2, 0) is 10.9 Å². The van der Waals surface area contributed by atoms with E-state index >= 15 is 0 Å². The van der Waals surface area contributed by atoms with Crippen LogP contribution < -0.4 is 0 Å². The van der Waals surface area contributed by atoms with Crippen molar-refractivity contribution in [3.63, 3.8) is 0 Å². The highest BCUT2D eigenvalue weighted by atomic mass is 19.4. The topological polar surface area (TPSA) is 63.0 Å². The standard InChI is InChI=1S/C10H5F5N2O2/c1-19-9(18)4-2-5(8(11)12)7(10(13,14)15)17-6(4)3-16/h2,8H,1H3. The van der Waals surface area contributed by atoms with E-state index < -0.39 is 41.1 Å². The summed E-state index contributed by atoms with van der Waals surface area (Å²) in [4.78, 5) is 14.0. The van der Waals surface area contributed by atoms with E-state index in [-0.39, 0.29) is 6.07 Å². The van der Waals surface area contributed by atoms with Gasteiger partial charge < -0.3 is 4.74 Å². The van der Waals surface area contributed by atoms with Gasteiger partial charge in [-0.05, 0) is 6.07 Å². The highest BCUT2D eigenvalue weighted by Crippen LogP contribution is 2.36. The summed E-state index contributed by atoms with van der Waals surface area (Å²) in [5.41, 5.74) is -5.05. The maximum atomic E-state index is 12.6. The van der Waals surface area contributed by atoms with Crippen molar-refractivity contribution in [2.24, 2.45) is 0 Å². The fraction of sp³-hybridized carbons (Fsp3) is 0.300. The second-order valence-corrected chi connectivity index (χ2v) is 3.22. The first-order valence-corrected chi connectivity index (χ1v) is 4.61. The van der Waals surface area contributed by atoms with Gasteiger partial charge in [0.2, 0.25) is 0 Å². The summed E-state index contributed by atoms with van der Waals surface area (Å²) in [5, 5.41) is 8.61. The molecule has 0 aliphatic carbocycles. The molecule has 1 heterocycles. The van der Waals surface area contributed by atoms with Crippen LogP contribution >= 0.6 is 0 Å². The number of ether oxygens (including phenoxy) is 1. The summed E-state index contributed by atoms with van der Waals surface area (Å²) in [6.07, 6.45) is -8.66. The number of alkyl halides is 5. The van der Waals surface area contributed by atoms with Crippen molar-refractivity contribution in [3.05, 3.63) is 28.6 Å². The Morgan fingerprint density at radius 2 is 2.05 bits per heavy atom. The van der Waals surface area contributed by atoms with Crippen LogP contribution in [0, 0.1) is 11.3 Å². The van der Waals surface area contributed by atoms with Crippen molar-refractivity contribution in [2.45, 2.75) is 12.6 Å². The molecular formula is C10H5F5N2O2. The molecule has 0 saturated heterocycles. The Balaban J connectivity index is 3.62. The molecule has 0 amide bonds. The lowest BCUT2D eigenvalue weighted by Gasteiger charge is -2.13. The normalized spacial score (nSPS) is 11.3. The van der Waals surface area contributed by atoms with Crippen LogP contribution in [-0.4, -0.2) is 18.1 Å². The minimum absolute atomic E-state index is 0.269. The highest BCUT2D eigenvalue weighted by molar-refractivity contribution is 5.91. The van der Waals surface area contributed by atoms with Gasteiger partial charge in [-0.15, -0.1) is 0 Å². The van der Waals surface area contributed by atoms with Crippen LogP contribution in [0.4, 0.5) is 22.0 Å². The largest absolute Gasteiger partial charge is 0.465 e. The van der Waals surface area contributed by atoms with Gasteiger partial charge in [-0.2, -0.15) is 18.4 Å². The van der Waals surface area contributed by atoms with Gasteiger partial charge in [-0.25, -0.2) is 18.6 Å². The average molecular weight is 280 g/mol. The maximum absolute atomic E-state index is 12.6. The molecule has 0 N–H and O–H groups in total. The van der Waals surface area contributed by atoms with Crippen molar-refractivity contribution in [2.75, 3.05) is 7.11 Å². The van der Waals surface area contributed by atoms with E-state index in [1.165, 1.54) is 6.07 Å². The smallest absolute Gasteiger partial charge is 0.433 e. The van der Waals surface area contributed by atoms with Crippen LogP contribution in [0.1, 0.15) is 33.7 Å². The molecular weight excluding hydrogens is 275 g/mol. The van der Waals surface area contributed by atoms with Gasteiger partial charge >= 0.3 is 12.1 Å². The molecule has 0 aliphatic heterocycles. The predicted molar refractivity (Wildman–Crippen MR) is 50.3 cm³/mol. The monoisotopic (exact) mass is 280 g/mol. The van der Waals surface area contributed by atoms with Crippen molar-refractivity contribution >= 4 is 5.97 Å². The van der Waals surface area contributed by atoms with Gasteiger partial charge in [0.25, 0.3) is 6.43 Å². The van der Waals surface area contributed by atoms with Crippen LogP contribution in [0.5, 0.6) is 0 Å². The van der Waals surface area contributed by atoms with Crippen LogP contribution in [0.2, 0.25) is 0 Å². The van der Waals surface area contributed by atoms with Gasteiger partial charge in [-0.3, -0.25) is 0 Å². The number of nitrogens with zero attached hydrogens (tertiary/aromatic N) is 2. The molecule has 4 nitrogen and oxygen atoms in total. The van der Waals surface area contributed by atoms with E-state index in [1.54, 1.807) is 0 Å². The van der Waals surface area contributed by atoms with Gasteiger partial charge in [-0.1, -0.05) is 0 Å². The van der Waals surface area contributed by atoms with Crippen LogP contribution in [0.25, 0.3) is 0 Å². The number of halogens is 5. The van der Waals surface area contributed by atoms with Crippen LogP contribution in [0.15, 0.2) is 6.07 Å². The number of aromatic nitrogens is 1. The Labute approximate surface area is 103 Å². The van der Waals surface area contributed by atoms with E-state index in [2.05, 4.69) is 9.72 Å². The first-order valence-electron chi connectivity index (χ1n) is 4.61. The quantitative estimate of drug-likeness (QED) is 0.617. The lowest BCUT2D eigenvalue weighted by atomic mass is 10.1. The summed E-state index contributed by atoms with van der Waals surface area (Å²) in [5.74, 6) is -1.22. The molecule has 1 aromatic heterocycles. The Morgan fingerprint density at radius 3 is 2.42 bits per heavy atom. The number of rotatable bonds is 2. The average Bonchev–Trinajstić information content (AvgIpc) is 2.34. The second-order valence-electron chi connectivity index (χ2n) is 3.22. The zero-order valence-corrected chi connectivity index (χ0v) is 9.26. The zero-order valence-electron chi connectivity index (χ0n) is 9.26. The minimum atomic E-state index is -5.16. The molecule has 0 atom stereocenters. The number of hydrogen-bond donors (Lipinski definition) is 0. The maximum Gasteiger partial charge on any atom is 0.433 e. The van der Waals surface area contributed by atoms with Gasteiger partial charge in [0, 0.05) is 5.56 Å². The molecule has 0 aliphatic rings. The molecule has 19 heavy (non-hydrogen) atoms. The molecule has 9 heteroatoms. The number of nitriles is 1. The minimum Gasteiger partial charge on any atom is -0.465 e. The summed E-state index contributed by atoms with van der Waals surface area (Å²) in [7, 11) is 0.892. The van der Waals surface area contributed by atoms with Gasteiger partial charge in [0.1, 0.15) is 6.07 Å². The molecule has 0 unspecified atom stereocenters. The third kappa shape index (κ3) is 2.96. The lowest BCUT2D eigenvalue weighted by molar-refractivity contribution is -0.143. The number of hydrogen-bond acceptors (Lipinski definition) is 4. The van der Waals surface area contributed by atoms with E-state index in [0.29, 0.717) is 0 Å². The van der Waals surface area contributed by atoms with E-state index in [0.717, 1.165) is 7.11 Å². The van der Waals surface area contributed by atoms with Gasteiger partial charge in [0.05, 0.1) is 12.7 Å². The number of esters is 1. The van der Waals surface area contributed by atoms with E-state index in [9.17, 15) is 26.7 Å². The third-order valence-corrected chi connectivity index (χ3v) is 2.07. The SMILES string of the molecule is COC(=O)c1cc(C(F)F)c(C(F)(F)F)nc1C#N. The molecule has 0 saturated carbocycles. The summed E-state index contributed by atoms with van der Waals surface area (Å²) in [6.45, 7) is 0. The van der Waals surface area contributed by atoms with E-state index in [4.69, 9.17) is 5.26 Å². The summed E-state index contributed by atoms with van der Waals surface area (Å²) < 4.78 is 66.9. The highest BCUT2D eigenvalue weighted by Gasteiger charge is 2.39. The number of carbonyl (C=O) groups excluding carboxylic acids is 1. The third-order valence-electron chi connectivity index (χ3n) is 2.07. The fourth-order valence-corrected chi connectivity index (χ4v) is 1.27. The number of methoxy groups -OCH3 is 1. The first kappa shape index (κ1) is 14.8. The Kier molecular flexibility index (Phi) is 4.04. The molecule has 0 fully saturated rings. The van der Waals surface area contributed by atoms with E-state index in [1.807, 2.05) is 0 Å². The van der Waals surface area contributed by atoms with Gasteiger partial charge in [0.15, 0.2) is 11.4 Å². The van der Waals surface area contributed by atoms with Crippen LogP contribution in [0.3, 0.4) is 0 Å². The van der Waals surface area contributed by atoms with Crippen molar-refractivity contribution in [3.8, 4) is 6.07 Å². The zero-order chi connectivity index (χ0) is 14.8. The second kappa shape index (κ2) is 5.17. The molecule has 1 rings (SSSR count). The molecule has 0 radical (unpaired) electrons. The van der Waals surface area contributed by atoms with Crippen molar-refractivity contribution in [1.82, 2.24) is 4.98 Å². The molecule has 0 spiro atoms. The number of carbonyl (C=O) groups is 1. The Hall–Kier alpha value is -2.24. The van der Waals surface area contributed by atoms with Crippen molar-refractivity contribution in [1.29, 1.82) is 5.26 Å². The summed E-state index contributed by atoms with van der Waals surface area (Å²) >= 11 is 0. The molecule has 1 aromatic rings. The van der Waals surface area contributed by atoms with Crippen molar-refractivity contribution < 1.29 is 31.5 Å². The predicted octanol–water partition coefficient (Wildman–Crippen LogP) is 2.70. The summed E-state index contributed by atoms with van der Waals surface area (Å²) in [6, 6.07) is 1.50. The molecule has 0 bridgehead atoms. The fourth-order valence-electron chi connectivity index (χ4n) is 1.27. The molecule has 0 aromatic carbocycles.